The second-order valence-corrected chi connectivity index (χ2v) is 5.67. The Bertz CT molecular complexity index is 713. The summed E-state index contributed by atoms with van der Waals surface area (Å²) >= 11 is 1.64. The Labute approximate surface area is 120 Å². The fourth-order valence-electron chi connectivity index (χ4n) is 1.92. The smallest absolute Gasteiger partial charge is 0.225 e. The van der Waals surface area contributed by atoms with Crippen molar-refractivity contribution in [2.24, 2.45) is 0 Å². The summed E-state index contributed by atoms with van der Waals surface area (Å²) in [6.45, 7) is 1.90. The van der Waals surface area contributed by atoms with E-state index in [0.29, 0.717) is 18.7 Å². The van der Waals surface area contributed by atoms with Crippen LogP contribution in [0.4, 0.5) is 5.82 Å². The van der Waals surface area contributed by atoms with Crippen LogP contribution in [0.1, 0.15) is 17.0 Å². The first kappa shape index (κ1) is 12.8. The number of hydrogen-bond acceptors (Lipinski definition) is 4. The number of thiazole rings is 1. The molecule has 3 aromatic rings. The zero-order valence-corrected chi connectivity index (χ0v) is 11.8. The highest BCUT2D eigenvalue weighted by atomic mass is 32.1. The van der Waals surface area contributed by atoms with Crippen molar-refractivity contribution in [1.29, 1.82) is 0 Å². The Kier molecular flexibility index (Phi) is 3.47. The first-order chi connectivity index (χ1) is 9.72. The summed E-state index contributed by atoms with van der Waals surface area (Å²) < 4.78 is 1.16. The standard InChI is InChI=1S/C14H14N4OS/c1-9-8-15-18-14(9)17-12(19)6-7-13-16-10-4-2-3-5-11(10)20-13/h2-5,8H,6-7H2,1H3,(H2,15,17,18,19). The molecule has 2 aromatic heterocycles. The van der Waals surface area contributed by atoms with Gasteiger partial charge in [-0.1, -0.05) is 12.1 Å². The number of nitrogens with zero attached hydrogens (tertiary/aromatic N) is 2. The fraction of sp³-hybridized carbons (Fsp3) is 0.214. The molecule has 0 unspecified atom stereocenters. The monoisotopic (exact) mass is 286 g/mol. The minimum Gasteiger partial charge on any atom is -0.311 e. The molecule has 6 heteroatoms. The summed E-state index contributed by atoms with van der Waals surface area (Å²) in [7, 11) is 0. The molecule has 102 valence electrons. The number of aromatic amines is 1. The molecule has 0 radical (unpaired) electrons. The highest BCUT2D eigenvalue weighted by Gasteiger charge is 2.09. The van der Waals surface area contributed by atoms with Gasteiger partial charge in [-0.05, 0) is 19.1 Å². The molecule has 1 aromatic carbocycles. The largest absolute Gasteiger partial charge is 0.311 e. The van der Waals surface area contributed by atoms with Crippen LogP contribution >= 0.6 is 11.3 Å². The lowest BCUT2D eigenvalue weighted by Gasteiger charge is -2.02. The van der Waals surface area contributed by atoms with E-state index in [0.717, 1.165) is 20.8 Å². The Morgan fingerprint density at radius 2 is 2.25 bits per heavy atom. The first-order valence-corrected chi connectivity index (χ1v) is 7.18. The Morgan fingerprint density at radius 1 is 1.40 bits per heavy atom. The van der Waals surface area contributed by atoms with Gasteiger partial charge in [0.25, 0.3) is 0 Å². The second kappa shape index (κ2) is 5.42. The Balaban J connectivity index is 1.61. The molecule has 0 saturated carbocycles. The SMILES string of the molecule is Cc1cn[nH]c1NC(=O)CCc1nc2ccccc2s1. The van der Waals surface area contributed by atoms with Gasteiger partial charge in [-0.25, -0.2) is 4.98 Å². The van der Waals surface area contributed by atoms with E-state index in [1.165, 1.54) is 0 Å². The summed E-state index contributed by atoms with van der Waals surface area (Å²) in [4.78, 5) is 16.4. The molecule has 0 aliphatic rings. The van der Waals surface area contributed by atoms with Crippen molar-refractivity contribution in [3.8, 4) is 0 Å². The summed E-state index contributed by atoms with van der Waals surface area (Å²) in [5, 5.41) is 10.4. The van der Waals surface area contributed by atoms with E-state index in [1.54, 1.807) is 17.5 Å². The van der Waals surface area contributed by atoms with Gasteiger partial charge in [0, 0.05) is 18.4 Å². The van der Waals surface area contributed by atoms with Crippen LogP contribution < -0.4 is 5.32 Å². The third kappa shape index (κ3) is 2.70. The average molecular weight is 286 g/mol. The van der Waals surface area contributed by atoms with E-state index < -0.39 is 0 Å². The lowest BCUT2D eigenvalue weighted by atomic mass is 10.3. The molecule has 3 rings (SSSR count). The van der Waals surface area contributed by atoms with Crippen molar-refractivity contribution in [3.05, 3.63) is 41.0 Å². The molecular weight excluding hydrogens is 272 g/mol. The van der Waals surface area contributed by atoms with E-state index >= 15 is 0 Å². The molecule has 20 heavy (non-hydrogen) atoms. The minimum absolute atomic E-state index is 0.0309. The number of anilines is 1. The van der Waals surface area contributed by atoms with Crippen molar-refractivity contribution in [2.45, 2.75) is 19.8 Å². The molecule has 0 atom stereocenters. The van der Waals surface area contributed by atoms with Crippen LogP contribution in [0.3, 0.4) is 0 Å². The Morgan fingerprint density at radius 3 is 3.00 bits per heavy atom. The molecule has 0 saturated heterocycles. The van der Waals surface area contributed by atoms with Crippen molar-refractivity contribution in [3.63, 3.8) is 0 Å². The van der Waals surface area contributed by atoms with Gasteiger partial charge in [0.2, 0.25) is 5.91 Å². The minimum atomic E-state index is -0.0309. The van der Waals surface area contributed by atoms with Gasteiger partial charge in [0.15, 0.2) is 0 Å². The maximum atomic E-state index is 11.9. The van der Waals surface area contributed by atoms with Crippen LogP contribution in [0.15, 0.2) is 30.5 Å². The highest BCUT2D eigenvalue weighted by molar-refractivity contribution is 7.18. The van der Waals surface area contributed by atoms with Crippen molar-refractivity contribution >= 4 is 33.3 Å². The topological polar surface area (TPSA) is 70.7 Å². The van der Waals surface area contributed by atoms with Crippen molar-refractivity contribution in [2.75, 3.05) is 5.32 Å². The van der Waals surface area contributed by atoms with E-state index in [2.05, 4.69) is 20.5 Å². The second-order valence-electron chi connectivity index (χ2n) is 4.55. The van der Waals surface area contributed by atoms with Crippen LogP contribution in [0.5, 0.6) is 0 Å². The van der Waals surface area contributed by atoms with Gasteiger partial charge in [0.05, 0.1) is 21.4 Å². The molecule has 0 spiro atoms. The number of aromatic nitrogens is 3. The van der Waals surface area contributed by atoms with Gasteiger partial charge in [-0.3, -0.25) is 9.89 Å². The zero-order chi connectivity index (χ0) is 13.9. The van der Waals surface area contributed by atoms with Gasteiger partial charge in [-0.15, -0.1) is 11.3 Å². The van der Waals surface area contributed by atoms with Gasteiger partial charge < -0.3 is 5.32 Å². The number of carbonyl (C=O) groups excluding carboxylic acids is 1. The normalized spacial score (nSPS) is 10.8. The van der Waals surface area contributed by atoms with E-state index in [9.17, 15) is 4.79 Å². The fourth-order valence-corrected chi connectivity index (χ4v) is 2.89. The molecular formula is C14H14N4OS. The predicted octanol–water partition coefficient (Wildman–Crippen LogP) is 2.90. The van der Waals surface area contributed by atoms with E-state index in [1.807, 2.05) is 31.2 Å². The number of carbonyl (C=O) groups is 1. The number of hydrogen-bond donors (Lipinski definition) is 2. The molecule has 0 bridgehead atoms. The maximum absolute atomic E-state index is 11.9. The summed E-state index contributed by atoms with van der Waals surface area (Å²) in [5.41, 5.74) is 1.93. The lowest BCUT2D eigenvalue weighted by molar-refractivity contribution is -0.116. The van der Waals surface area contributed by atoms with Crippen LogP contribution in [-0.2, 0) is 11.2 Å². The highest BCUT2D eigenvalue weighted by Crippen LogP contribution is 2.22. The first-order valence-electron chi connectivity index (χ1n) is 6.36. The van der Waals surface area contributed by atoms with Crippen LogP contribution in [0.25, 0.3) is 10.2 Å². The number of amides is 1. The van der Waals surface area contributed by atoms with Crippen molar-refractivity contribution < 1.29 is 4.79 Å². The summed E-state index contributed by atoms with van der Waals surface area (Å²) in [6, 6.07) is 8.01. The molecule has 1 amide bonds. The average Bonchev–Trinajstić information content (AvgIpc) is 3.03. The predicted molar refractivity (Wildman–Crippen MR) is 79.9 cm³/mol. The van der Waals surface area contributed by atoms with Gasteiger partial charge >= 0.3 is 0 Å². The van der Waals surface area contributed by atoms with E-state index in [-0.39, 0.29) is 5.91 Å². The number of fused-ring (bicyclic) bond motifs is 1. The molecule has 2 heterocycles. The van der Waals surface area contributed by atoms with Crippen molar-refractivity contribution in [1.82, 2.24) is 15.2 Å². The van der Waals surface area contributed by atoms with Crippen LogP contribution in [0.2, 0.25) is 0 Å². The number of rotatable bonds is 4. The quantitative estimate of drug-likeness (QED) is 0.774. The summed E-state index contributed by atoms with van der Waals surface area (Å²) in [6.07, 6.45) is 2.75. The molecule has 2 N–H and O–H groups in total. The van der Waals surface area contributed by atoms with Crippen LogP contribution in [0, 0.1) is 6.92 Å². The lowest BCUT2D eigenvalue weighted by Crippen LogP contribution is -2.13. The number of aryl methyl sites for hydroxylation is 2. The summed E-state index contributed by atoms with van der Waals surface area (Å²) in [5.74, 6) is 0.635. The number of para-hydroxylation sites is 1. The molecule has 0 aliphatic heterocycles. The Hall–Kier alpha value is -2.21. The number of nitrogens with one attached hydrogen (secondary N) is 2. The number of benzene rings is 1. The van der Waals surface area contributed by atoms with Gasteiger partial charge in [-0.2, -0.15) is 5.10 Å². The van der Waals surface area contributed by atoms with Gasteiger partial charge in [0.1, 0.15) is 5.82 Å². The molecule has 0 aliphatic carbocycles. The zero-order valence-electron chi connectivity index (χ0n) is 11.0. The van der Waals surface area contributed by atoms with Crippen LogP contribution in [-0.4, -0.2) is 21.1 Å². The third-order valence-electron chi connectivity index (χ3n) is 3.00. The molecule has 0 fully saturated rings. The maximum Gasteiger partial charge on any atom is 0.225 e. The number of H-pyrrole nitrogens is 1. The van der Waals surface area contributed by atoms with E-state index in [4.69, 9.17) is 0 Å². The molecule has 5 nitrogen and oxygen atoms in total. The third-order valence-corrected chi connectivity index (χ3v) is 4.09.